The smallest absolute Gasteiger partial charge is 0.255 e. The average molecular weight is 391 g/mol. The van der Waals surface area contributed by atoms with Gasteiger partial charge in [0.15, 0.2) is 0 Å². The predicted molar refractivity (Wildman–Crippen MR) is 79.4 cm³/mol. The van der Waals surface area contributed by atoms with E-state index in [1.165, 1.54) is 7.11 Å². The van der Waals surface area contributed by atoms with Gasteiger partial charge in [-0.15, -0.1) is 12.4 Å². The first kappa shape index (κ1) is 16.8. The topological polar surface area (TPSA) is 64.3 Å². The van der Waals surface area contributed by atoms with Gasteiger partial charge in [-0.05, 0) is 34.7 Å². The van der Waals surface area contributed by atoms with Gasteiger partial charge in [0.1, 0.15) is 5.75 Å². The van der Waals surface area contributed by atoms with Crippen LogP contribution in [0.1, 0.15) is 10.4 Å². The molecule has 17 heavy (non-hydrogen) atoms. The molecule has 0 atom stereocenters. The largest absolute Gasteiger partial charge is 0.496 e. The third-order valence-corrected chi connectivity index (χ3v) is 3.44. The van der Waals surface area contributed by atoms with Crippen molar-refractivity contribution in [3.05, 3.63) is 26.3 Å². The fraction of sp³-hybridized carbons (Fsp3) is 0.300. The van der Waals surface area contributed by atoms with Gasteiger partial charge in [-0.1, -0.05) is 11.6 Å². The number of nitrogens with two attached hydrogens (primary N) is 1. The maximum atomic E-state index is 11.7. The number of rotatable bonds is 4. The van der Waals surface area contributed by atoms with Gasteiger partial charge < -0.3 is 15.8 Å². The van der Waals surface area contributed by atoms with Crippen molar-refractivity contribution in [2.24, 2.45) is 5.73 Å². The van der Waals surface area contributed by atoms with Gasteiger partial charge in [0, 0.05) is 16.7 Å². The minimum absolute atomic E-state index is 0. The van der Waals surface area contributed by atoms with Crippen molar-refractivity contribution in [1.82, 2.24) is 5.32 Å². The van der Waals surface area contributed by atoms with Crippen LogP contribution in [0.25, 0.3) is 0 Å². The maximum Gasteiger partial charge on any atom is 0.255 e. The molecule has 0 aliphatic carbocycles. The molecule has 96 valence electrons. The van der Waals surface area contributed by atoms with Crippen LogP contribution in [-0.2, 0) is 0 Å². The summed E-state index contributed by atoms with van der Waals surface area (Å²) in [7, 11) is 1.51. The van der Waals surface area contributed by atoms with Crippen molar-refractivity contribution in [2.75, 3.05) is 20.2 Å². The van der Waals surface area contributed by atoms with Gasteiger partial charge in [-0.2, -0.15) is 0 Å². The van der Waals surface area contributed by atoms with Crippen LogP contribution in [0.3, 0.4) is 0 Å². The summed E-state index contributed by atoms with van der Waals surface area (Å²) < 4.78 is 5.97. The summed E-state index contributed by atoms with van der Waals surface area (Å²) in [4.78, 5) is 11.7. The molecule has 0 aliphatic heterocycles. The minimum atomic E-state index is -0.236. The number of halogens is 3. The predicted octanol–water partition coefficient (Wildman–Crippen LogP) is 2.06. The zero-order valence-electron chi connectivity index (χ0n) is 9.13. The molecule has 0 radical (unpaired) electrons. The molecule has 0 heterocycles. The van der Waals surface area contributed by atoms with Crippen molar-refractivity contribution in [3.63, 3.8) is 0 Å². The molecule has 1 aromatic carbocycles. The Balaban J connectivity index is 0.00000256. The molecule has 7 heteroatoms. The van der Waals surface area contributed by atoms with Crippen LogP contribution in [0.2, 0.25) is 5.02 Å². The second-order valence-electron chi connectivity index (χ2n) is 3.01. The Labute approximate surface area is 125 Å². The molecule has 3 N–H and O–H groups in total. The van der Waals surface area contributed by atoms with Crippen LogP contribution < -0.4 is 15.8 Å². The van der Waals surface area contributed by atoms with E-state index in [0.717, 1.165) is 3.57 Å². The second-order valence-corrected chi connectivity index (χ2v) is 4.58. The Kier molecular flexibility index (Phi) is 7.85. The normalized spacial score (nSPS) is 9.41. The molecule has 0 aliphatic rings. The Morgan fingerprint density at radius 3 is 2.76 bits per heavy atom. The highest BCUT2D eigenvalue weighted by atomic mass is 127. The van der Waals surface area contributed by atoms with E-state index >= 15 is 0 Å². The lowest BCUT2D eigenvalue weighted by molar-refractivity contribution is 0.0951. The van der Waals surface area contributed by atoms with Crippen molar-refractivity contribution in [1.29, 1.82) is 0 Å². The van der Waals surface area contributed by atoms with E-state index in [-0.39, 0.29) is 18.3 Å². The van der Waals surface area contributed by atoms with Crippen molar-refractivity contribution in [2.45, 2.75) is 0 Å². The van der Waals surface area contributed by atoms with E-state index in [1.54, 1.807) is 12.1 Å². The molecule has 1 rings (SSSR count). The summed E-state index contributed by atoms with van der Waals surface area (Å²) in [5.74, 6) is 0.268. The second kappa shape index (κ2) is 7.97. The number of hydrogen-bond acceptors (Lipinski definition) is 3. The fourth-order valence-corrected chi connectivity index (χ4v) is 1.76. The number of carbonyl (C=O) groups is 1. The molecule has 0 aromatic heterocycles. The molecule has 0 saturated carbocycles. The third-order valence-electron chi connectivity index (χ3n) is 1.92. The van der Waals surface area contributed by atoms with Crippen LogP contribution in [0, 0.1) is 3.57 Å². The molecule has 0 spiro atoms. The molecule has 4 nitrogen and oxygen atoms in total. The van der Waals surface area contributed by atoms with E-state index in [9.17, 15) is 4.79 Å². The number of methoxy groups -OCH3 is 1. The number of amides is 1. The quantitative estimate of drug-likeness (QED) is 0.773. The van der Waals surface area contributed by atoms with E-state index < -0.39 is 0 Å². The van der Waals surface area contributed by atoms with Crippen LogP contribution in [-0.4, -0.2) is 26.1 Å². The standard InChI is InChI=1S/C10H12ClIN2O2.ClH/c1-16-9-5-8(12)7(11)4-6(9)10(15)14-3-2-13;/h4-5H,2-3,13H2,1H3,(H,14,15);1H. The Morgan fingerprint density at radius 1 is 1.59 bits per heavy atom. The first-order valence-electron chi connectivity index (χ1n) is 4.61. The molecule has 0 saturated heterocycles. The number of ether oxygens (including phenoxy) is 1. The summed E-state index contributed by atoms with van der Waals surface area (Å²) in [5.41, 5.74) is 5.72. The minimum Gasteiger partial charge on any atom is -0.496 e. The van der Waals surface area contributed by atoms with Crippen LogP contribution in [0.4, 0.5) is 0 Å². The summed E-state index contributed by atoms with van der Waals surface area (Å²) in [5, 5.41) is 3.19. The lowest BCUT2D eigenvalue weighted by atomic mass is 10.2. The van der Waals surface area contributed by atoms with Gasteiger partial charge in [0.25, 0.3) is 5.91 Å². The SMILES string of the molecule is COc1cc(I)c(Cl)cc1C(=O)NCCN.Cl. The van der Waals surface area contributed by atoms with Gasteiger partial charge in [0.2, 0.25) is 0 Å². The molecular weight excluding hydrogens is 378 g/mol. The number of carbonyl (C=O) groups excluding carboxylic acids is 1. The molecule has 1 amide bonds. The number of nitrogens with one attached hydrogen (secondary N) is 1. The zero-order chi connectivity index (χ0) is 12.1. The lowest BCUT2D eigenvalue weighted by Crippen LogP contribution is -2.29. The van der Waals surface area contributed by atoms with Crippen molar-refractivity contribution >= 4 is 52.5 Å². The zero-order valence-corrected chi connectivity index (χ0v) is 12.9. The molecule has 0 unspecified atom stereocenters. The Hall–Kier alpha value is -0.240. The van der Waals surface area contributed by atoms with Gasteiger partial charge in [-0.25, -0.2) is 0 Å². The van der Waals surface area contributed by atoms with Crippen molar-refractivity contribution < 1.29 is 9.53 Å². The Morgan fingerprint density at radius 2 is 2.24 bits per heavy atom. The molecular formula is C10H13Cl2IN2O2. The van der Waals surface area contributed by atoms with Gasteiger partial charge in [0.05, 0.1) is 17.7 Å². The summed E-state index contributed by atoms with van der Waals surface area (Å²) in [6.07, 6.45) is 0. The average Bonchev–Trinajstić information content (AvgIpc) is 2.28. The summed E-state index contributed by atoms with van der Waals surface area (Å²) in [6, 6.07) is 3.31. The van der Waals surface area contributed by atoms with Crippen LogP contribution in [0.5, 0.6) is 5.75 Å². The van der Waals surface area contributed by atoms with E-state index in [0.29, 0.717) is 29.4 Å². The first-order chi connectivity index (χ1) is 7.60. The van der Waals surface area contributed by atoms with E-state index in [1.807, 2.05) is 0 Å². The molecule has 0 bridgehead atoms. The van der Waals surface area contributed by atoms with Crippen LogP contribution in [0.15, 0.2) is 12.1 Å². The Bertz CT molecular complexity index is 402. The van der Waals surface area contributed by atoms with E-state index in [2.05, 4.69) is 27.9 Å². The molecule has 1 aromatic rings. The monoisotopic (exact) mass is 390 g/mol. The van der Waals surface area contributed by atoms with Gasteiger partial charge in [-0.3, -0.25) is 4.79 Å². The summed E-state index contributed by atoms with van der Waals surface area (Å²) >= 11 is 8.03. The first-order valence-corrected chi connectivity index (χ1v) is 6.07. The van der Waals surface area contributed by atoms with Crippen LogP contribution >= 0.6 is 46.6 Å². The highest BCUT2D eigenvalue weighted by Crippen LogP contribution is 2.28. The molecule has 0 fully saturated rings. The van der Waals surface area contributed by atoms with Gasteiger partial charge >= 0.3 is 0 Å². The summed E-state index contributed by atoms with van der Waals surface area (Å²) in [6.45, 7) is 0.817. The highest BCUT2D eigenvalue weighted by Gasteiger charge is 2.14. The third kappa shape index (κ3) is 4.50. The fourth-order valence-electron chi connectivity index (χ4n) is 1.16. The lowest BCUT2D eigenvalue weighted by Gasteiger charge is -2.10. The number of benzene rings is 1. The highest BCUT2D eigenvalue weighted by molar-refractivity contribution is 14.1. The van der Waals surface area contributed by atoms with Crippen molar-refractivity contribution in [3.8, 4) is 5.75 Å². The van der Waals surface area contributed by atoms with E-state index in [4.69, 9.17) is 22.1 Å². The number of hydrogen-bond donors (Lipinski definition) is 2. The maximum absolute atomic E-state index is 11.7.